The molecule has 1 atom stereocenters. The van der Waals surface area contributed by atoms with Gasteiger partial charge in [-0.05, 0) is 19.1 Å². The number of anilines is 1. The van der Waals surface area contributed by atoms with Crippen molar-refractivity contribution in [1.82, 2.24) is 10.2 Å². The van der Waals surface area contributed by atoms with Crippen molar-refractivity contribution in [3.05, 3.63) is 30.3 Å². The van der Waals surface area contributed by atoms with Gasteiger partial charge in [0.25, 0.3) is 5.91 Å². The minimum absolute atomic E-state index is 0.256. The maximum Gasteiger partial charge on any atom is 0.266 e. The zero-order chi connectivity index (χ0) is 15.8. The normalized spacial score (nSPS) is 11.9. The van der Waals surface area contributed by atoms with E-state index in [-0.39, 0.29) is 5.91 Å². The van der Waals surface area contributed by atoms with Crippen molar-refractivity contribution < 1.29 is 14.3 Å². The van der Waals surface area contributed by atoms with Crippen molar-refractivity contribution >= 4 is 34.1 Å². The molecule has 1 N–H and O–H groups in total. The number of hydrogen-bond donors (Lipinski definition) is 1. The summed E-state index contributed by atoms with van der Waals surface area (Å²) >= 11 is 2.87. The van der Waals surface area contributed by atoms with E-state index in [4.69, 9.17) is 9.47 Å². The highest BCUT2D eigenvalue weighted by Crippen LogP contribution is 2.25. The van der Waals surface area contributed by atoms with Crippen LogP contribution in [0.3, 0.4) is 0 Å². The maximum atomic E-state index is 12.1. The van der Waals surface area contributed by atoms with Gasteiger partial charge in [0.15, 0.2) is 10.4 Å². The molecule has 0 spiro atoms. The van der Waals surface area contributed by atoms with Gasteiger partial charge in [0.2, 0.25) is 5.13 Å². The minimum atomic E-state index is -0.615. The Labute approximate surface area is 137 Å². The summed E-state index contributed by atoms with van der Waals surface area (Å²) in [6.45, 7) is 2.34. The fourth-order valence-electron chi connectivity index (χ4n) is 1.49. The first-order valence-electron chi connectivity index (χ1n) is 6.67. The third kappa shape index (κ3) is 5.28. The van der Waals surface area contributed by atoms with Crippen molar-refractivity contribution in [3.8, 4) is 5.75 Å². The van der Waals surface area contributed by atoms with Crippen molar-refractivity contribution in [2.24, 2.45) is 0 Å². The van der Waals surface area contributed by atoms with E-state index in [1.807, 2.05) is 18.2 Å². The van der Waals surface area contributed by atoms with Gasteiger partial charge in [-0.1, -0.05) is 41.3 Å². The van der Waals surface area contributed by atoms with Crippen LogP contribution in [0.5, 0.6) is 5.75 Å². The highest BCUT2D eigenvalue weighted by atomic mass is 32.2. The van der Waals surface area contributed by atoms with E-state index in [1.54, 1.807) is 37.9 Å². The molecular formula is C14H17N3O3S2. The second-order valence-corrected chi connectivity index (χ2v) is 6.60. The van der Waals surface area contributed by atoms with E-state index in [2.05, 4.69) is 15.5 Å². The molecule has 0 aliphatic rings. The summed E-state index contributed by atoms with van der Waals surface area (Å²) in [6.07, 6.45) is -0.615. The summed E-state index contributed by atoms with van der Waals surface area (Å²) in [6, 6.07) is 9.21. The van der Waals surface area contributed by atoms with E-state index < -0.39 is 6.10 Å². The number of nitrogens with zero attached hydrogens (tertiary/aromatic N) is 2. The molecule has 0 fully saturated rings. The molecule has 118 valence electrons. The summed E-state index contributed by atoms with van der Waals surface area (Å²) in [5.41, 5.74) is 0. The lowest BCUT2D eigenvalue weighted by molar-refractivity contribution is -0.122. The largest absolute Gasteiger partial charge is 0.481 e. The number of carbonyl (C=O) groups is 1. The second-order valence-electron chi connectivity index (χ2n) is 4.28. The molecule has 0 aliphatic carbocycles. The highest BCUT2D eigenvalue weighted by Gasteiger charge is 2.17. The summed E-state index contributed by atoms with van der Waals surface area (Å²) in [5, 5.41) is 11.1. The average molecular weight is 339 g/mol. The molecule has 22 heavy (non-hydrogen) atoms. The van der Waals surface area contributed by atoms with Crippen LogP contribution in [0, 0.1) is 0 Å². The van der Waals surface area contributed by atoms with Crippen molar-refractivity contribution in [3.63, 3.8) is 0 Å². The Bertz CT molecular complexity index is 592. The van der Waals surface area contributed by atoms with Gasteiger partial charge < -0.3 is 9.47 Å². The zero-order valence-corrected chi connectivity index (χ0v) is 13.9. The van der Waals surface area contributed by atoms with Gasteiger partial charge in [0.1, 0.15) is 5.75 Å². The number of nitrogens with one attached hydrogen (secondary N) is 1. The van der Waals surface area contributed by atoms with Gasteiger partial charge in [-0.3, -0.25) is 10.1 Å². The van der Waals surface area contributed by atoms with Crippen LogP contribution >= 0.6 is 23.1 Å². The van der Waals surface area contributed by atoms with Crippen LogP contribution in [0.25, 0.3) is 0 Å². The number of methoxy groups -OCH3 is 1. The van der Waals surface area contributed by atoms with Crippen LogP contribution in [0.15, 0.2) is 34.7 Å². The Hall–Kier alpha value is -1.64. The van der Waals surface area contributed by atoms with Crippen molar-refractivity contribution in [1.29, 1.82) is 0 Å². The Morgan fingerprint density at radius 3 is 2.86 bits per heavy atom. The molecule has 6 nitrogen and oxygen atoms in total. The molecule has 0 aliphatic heterocycles. The Morgan fingerprint density at radius 2 is 2.14 bits per heavy atom. The van der Waals surface area contributed by atoms with E-state index >= 15 is 0 Å². The third-order valence-corrected chi connectivity index (χ3v) is 4.51. The van der Waals surface area contributed by atoms with Crippen LogP contribution in [0.1, 0.15) is 6.92 Å². The number of ether oxygens (including phenoxy) is 2. The number of rotatable bonds is 8. The fourth-order valence-corrected chi connectivity index (χ4v) is 3.22. The number of aromatic nitrogens is 2. The van der Waals surface area contributed by atoms with Gasteiger partial charge in [-0.15, -0.1) is 10.2 Å². The van der Waals surface area contributed by atoms with Gasteiger partial charge in [-0.2, -0.15) is 0 Å². The van der Waals surface area contributed by atoms with Crippen molar-refractivity contribution in [2.75, 3.05) is 24.8 Å². The molecule has 0 saturated heterocycles. The van der Waals surface area contributed by atoms with E-state index in [9.17, 15) is 4.79 Å². The van der Waals surface area contributed by atoms with Crippen molar-refractivity contribution in [2.45, 2.75) is 17.4 Å². The molecule has 1 aromatic heterocycles. The van der Waals surface area contributed by atoms with Gasteiger partial charge in [0, 0.05) is 12.9 Å². The molecule has 2 aromatic rings. The lowest BCUT2D eigenvalue weighted by atomic mass is 10.3. The maximum absolute atomic E-state index is 12.1. The van der Waals surface area contributed by atoms with Gasteiger partial charge in [-0.25, -0.2) is 0 Å². The van der Waals surface area contributed by atoms with E-state index in [0.717, 1.165) is 10.1 Å². The lowest BCUT2D eigenvalue weighted by Gasteiger charge is -2.13. The van der Waals surface area contributed by atoms with Gasteiger partial charge in [0.05, 0.1) is 6.61 Å². The molecule has 8 heteroatoms. The molecule has 2 rings (SSSR count). The third-order valence-electron chi connectivity index (χ3n) is 2.57. The molecule has 0 bridgehead atoms. The van der Waals surface area contributed by atoms with Crippen LogP contribution in [-0.2, 0) is 9.53 Å². The highest BCUT2D eigenvalue weighted by molar-refractivity contribution is 8.01. The number of thioether (sulfide) groups is 1. The topological polar surface area (TPSA) is 73.3 Å². The quantitative estimate of drug-likeness (QED) is 0.453. The average Bonchev–Trinajstić information content (AvgIpc) is 2.96. The summed E-state index contributed by atoms with van der Waals surface area (Å²) in [4.78, 5) is 12.1. The van der Waals surface area contributed by atoms with Crippen LogP contribution in [-0.4, -0.2) is 41.7 Å². The van der Waals surface area contributed by atoms with Gasteiger partial charge >= 0.3 is 0 Å². The summed E-state index contributed by atoms with van der Waals surface area (Å²) < 4.78 is 11.3. The zero-order valence-electron chi connectivity index (χ0n) is 12.3. The lowest BCUT2D eigenvalue weighted by Crippen LogP contribution is -2.30. The molecule has 1 heterocycles. The smallest absolute Gasteiger partial charge is 0.266 e. The Balaban J connectivity index is 1.83. The standard InChI is InChI=1S/C14H17N3O3S2/c1-10(20-11-6-4-3-5-7-11)12(18)15-13-16-17-14(22-13)21-9-8-19-2/h3-7,10H,8-9H2,1-2H3,(H,15,16,18)/t10-/m0/s1. The Morgan fingerprint density at radius 1 is 1.36 bits per heavy atom. The molecule has 1 amide bonds. The molecule has 0 radical (unpaired) electrons. The predicted octanol–water partition coefficient (Wildman–Crippen LogP) is 2.68. The first-order valence-corrected chi connectivity index (χ1v) is 8.47. The second kappa shape index (κ2) is 8.72. The summed E-state index contributed by atoms with van der Waals surface area (Å²) in [7, 11) is 1.65. The molecule has 0 unspecified atom stereocenters. The first kappa shape index (κ1) is 16.7. The first-order chi connectivity index (χ1) is 10.7. The molecule has 1 aromatic carbocycles. The Kier molecular flexibility index (Phi) is 6.63. The van der Waals surface area contributed by atoms with Crippen LogP contribution in [0.2, 0.25) is 0 Å². The van der Waals surface area contributed by atoms with E-state index in [1.165, 1.54) is 11.3 Å². The fraction of sp³-hybridized carbons (Fsp3) is 0.357. The van der Waals surface area contributed by atoms with E-state index in [0.29, 0.717) is 17.5 Å². The number of amides is 1. The number of hydrogen-bond acceptors (Lipinski definition) is 7. The minimum Gasteiger partial charge on any atom is -0.481 e. The number of carbonyl (C=O) groups excluding carboxylic acids is 1. The molecular weight excluding hydrogens is 322 g/mol. The summed E-state index contributed by atoms with van der Waals surface area (Å²) in [5.74, 6) is 1.19. The molecule has 0 saturated carbocycles. The number of para-hydroxylation sites is 1. The monoisotopic (exact) mass is 339 g/mol. The SMILES string of the molecule is COCCSc1nnc(NC(=O)[C@H](C)Oc2ccccc2)s1. The number of benzene rings is 1. The predicted molar refractivity (Wildman–Crippen MR) is 87.7 cm³/mol. The van der Waals surface area contributed by atoms with Crippen LogP contribution in [0.4, 0.5) is 5.13 Å². The van der Waals surface area contributed by atoms with Crippen LogP contribution < -0.4 is 10.1 Å².